The van der Waals surface area contributed by atoms with Gasteiger partial charge in [0.15, 0.2) is 0 Å². The molecule has 23 heavy (non-hydrogen) atoms. The first-order valence-corrected chi connectivity index (χ1v) is 8.97. The van der Waals surface area contributed by atoms with Gasteiger partial charge in [0.25, 0.3) is 0 Å². The van der Waals surface area contributed by atoms with E-state index in [9.17, 15) is 27.1 Å². The van der Waals surface area contributed by atoms with E-state index >= 15 is 0 Å². The predicted molar refractivity (Wildman–Crippen MR) is 74.1 cm³/mol. The van der Waals surface area contributed by atoms with Crippen molar-refractivity contribution in [3.05, 3.63) is 0 Å². The number of halogens is 2. The highest BCUT2D eigenvalue weighted by Gasteiger charge is 2.62. The fourth-order valence-electron chi connectivity index (χ4n) is 5.65. The SMILES string of the molecule is CC12CC3CC(O)(C1)CC(COC(=O)C(F)(F)S(=O)(=O)O)(C3)C2. The lowest BCUT2D eigenvalue weighted by atomic mass is 9.43. The van der Waals surface area contributed by atoms with Gasteiger partial charge in [-0.2, -0.15) is 17.2 Å². The average molecular weight is 354 g/mol. The third-order valence-corrected chi connectivity index (χ3v) is 6.32. The number of hydrogen-bond acceptors (Lipinski definition) is 5. The highest BCUT2D eigenvalue weighted by molar-refractivity contribution is 7.87. The molecule has 4 aliphatic carbocycles. The Bertz CT molecular complexity index is 628. The van der Waals surface area contributed by atoms with Crippen molar-refractivity contribution in [3.8, 4) is 0 Å². The van der Waals surface area contributed by atoms with Crippen LogP contribution in [0.15, 0.2) is 0 Å². The number of carbonyl (C=O) groups excluding carboxylic acids is 1. The van der Waals surface area contributed by atoms with Crippen LogP contribution >= 0.6 is 0 Å². The molecule has 0 aromatic carbocycles. The topological polar surface area (TPSA) is 101 Å². The van der Waals surface area contributed by atoms with Crippen molar-refractivity contribution in [1.29, 1.82) is 0 Å². The third-order valence-electron chi connectivity index (χ3n) is 5.50. The minimum Gasteiger partial charge on any atom is -0.460 e. The molecular weight excluding hydrogens is 334 g/mol. The molecule has 0 aromatic rings. The second kappa shape index (κ2) is 4.64. The summed E-state index contributed by atoms with van der Waals surface area (Å²) >= 11 is 0. The Morgan fingerprint density at radius 1 is 1.26 bits per heavy atom. The maximum absolute atomic E-state index is 13.3. The van der Waals surface area contributed by atoms with Crippen molar-refractivity contribution < 1.29 is 36.4 Å². The van der Waals surface area contributed by atoms with Crippen LogP contribution < -0.4 is 0 Å². The summed E-state index contributed by atoms with van der Waals surface area (Å²) in [6.07, 6.45) is 3.93. The Balaban J connectivity index is 1.75. The van der Waals surface area contributed by atoms with Gasteiger partial charge in [-0.25, -0.2) is 4.79 Å². The molecule has 0 spiro atoms. The van der Waals surface area contributed by atoms with E-state index in [1.165, 1.54) is 0 Å². The number of carbonyl (C=O) groups is 1. The summed E-state index contributed by atoms with van der Waals surface area (Å²) in [5, 5.41) is 5.69. The number of alkyl halides is 2. The molecule has 0 aliphatic heterocycles. The highest BCUT2D eigenvalue weighted by Crippen LogP contribution is 2.66. The maximum atomic E-state index is 13.3. The molecule has 0 radical (unpaired) electrons. The van der Waals surface area contributed by atoms with Crippen molar-refractivity contribution in [2.75, 3.05) is 6.61 Å². The molecule has 4 rings (SSSR count). The standard InChI is InChI=1S/C14H20F2O6S/c1-11-2-9-3-12(5-11,7-13(18,4-9)6-11)8-22-10(17)14(15,16)23(19,20)21/h9,18H,2-8H2,1H3,(H,19,20,21). The molecule has 4 saturated carbocycles. The molecule has 0 saturated heterocycles. The second-order valence-corrected chi connectivity index (χ2v) is 9.57. The van der Waals surface area contributed by atoms with Crippen LogP contribution in [0.25, 0.3) is 0 Å². The Morgan fingerprint density at radius 2 is 1.91 bits per heavy atom. The summed E-state index contributed by atoms with van der Waals surface area (Å²) in [4.78, 5) is 11.4. The molecule has 0 aromatic heterocycles. The van der Waals surface area contributed by atoms with Gasteiger partial charge in [0, 0.05) is 5.41 Å². The van der Waals surface area contributed by atoms with Crippen molar-refractivity contribution >= 4 is 16.1 Å². The number of aliphatic hydroxyl groups is 1. The van der Waals surface area contributed by atoms with Crippen LogP contribution in [0.5, 0.6) is 0 Å². The van der Waals surface area contributed by atoms with Gasteiger partial charge in [-0.1, -0.05) is 6.92 Å². The van der Waals surface area contributed by atoms with E-state index in [1.54, 1.807) is 0 Å². The molecule has 4 unspecified atom stereocenters. The largest absolute Gasteiger partial charge is 0.465 e. The summed E-state index contributed by atoms with van der Waals surface area (Å²) in [6.45, 7) is 1.66. The van der Waals surface area contributed by atoms with Crippen LogP contribution in [-0.2, 0) is 19.6 Å². The number of rotatable bonds is 4. The molecule has 0 amide bonds. The van der Waals surface area contributed by atoms with E-state index in [1.807, 2.05) is 6.92 Å². The van der Waals surface area contributed by atoms with E-state index in [0.717, 1.165) is 6.42 Å². The quantitative estimate of drug-likeness (QED) is 0.589. The van der Waals surface area contributed by atoms with Gasteiger partial charge < -0.3 is 9.84 Å². The zero-order valence-electron chi connectivity index (χ0n) is 12.7. The van der Waals surface area contributed by atoms with Gasteiger partial charge in [-0.3, -0.25) is 4.55 Å². The summed E-state index contributed by atoms with van der Waals surface area (Å²) in [7, 11) is -5.86. The van der Waals surface area contributed by atoms with Gasteiger partial charge in [0.05, 0.1) is 12.2 Å². The van der Waals surface area contributed by atoms with Gasteiger partial charge in [0.2, 0.25) is 0 Å². The first kappa shape index (κ1) is 17.0. The fourth-order valence-corrected chi connectivity index (χ4v) is 5.92. The van der Waals surface area contributed by atoms with E-state index in [4.69, 9.17) is 4.55 Å². The van der Waals surface area contributed by atoms with E-state index in [2.05, 4.69) is 4.74 Å². The summed E-state index contributed by atoms with van der Waals surface area (Å²) < 4.78 is 60.7. The Labute approximate surface area is 132 Å². The molecule has 4 atom stereocenters. The normalized spacial score (nSPS) is 42.7. The lowest BCUT2D eigenvalue weighted by Crippen LogP contribution is -2.60. The van der Waals surface area contributed by atoms with E-state index in [-0.39, 0.29) is 17.9 Å². The third kappa shape index (κ3) is 2.76. The van der Waals surface area contributed by atoms with Crippen molar-refractivity contribution in [3.63, 3.8) is 0 Å². The molecule has 4 fully saturated rings. The Kier molecular flexibility index (Phi) is 3.43. The number of hydrogen-bond donors (Lipinski definition) is 2. The van der Waals surface area contributed by atoms with Gasteiger partial charge in [0.1, 0.15) is 0 Å². The molecule has 132 valence electrons. The number of esters is 1. The van der Waals surface area contributed by atoms with Crippen molar-refractivity contribution in [1.82, 2.24) is 0 Å². The van der Waals surface area contributed by atoms with Gasteiger partial charge >= 0.3 is 21.3 Å². The first-order chi connectivity index (χ1) is 10.3. The fraction of sp³-hybridized carbons (Fsp3) is 0.929. The van der Waals surface area contributed by atoms with E-state index < -0.39 is 32.4 Å². The minimum atomic E-state index is -5.86. The highest BCUT2D eigenvalue weighted by atomic mass is 32.2. The summed E-state index contributed by atoms with van der Waals surface area (Å²) in [5.41, 5.74) is -1.59. The lowest BCUT2D eigenvalue weighted by molar-refractivity contribution is -0.214. The molecule has 9 heteroatoms. The van der Waals surface area contributed by atoms with Crippen LogP contribution in [0.4, 0.5) is 8.78 Å². The van der Waals surface area contributed by atoms with Crippen LogP contribution in [-0.4, -0.2) is 41.5 Å². The first-order valence-electron chi connectivity index (χ1n) is 7.53. The summed E-state index contributed by atoms with van der Waals surface area (Å²) in [6, 6.07) is 0. The molecule has 0 heterocycles. The van der Waals surface area contributed by atoms with Crippen LogP contribution in [0.1, 0.15) is 45.4 Å². The minimum absolute atomic E-state index is 0.119. The van der Waals surface area contributed by atoms with E-state index in [0.29, 0.717) is 32.1 Å². The molecule has 4 bridgehead atoms. The zero-order valence-corrected chi connectivity index (χ0v) is 13.5. The van der Waals surface area contributed by atoms with Crippen molar-refractivity contribution in [2.45, 2.75) is 56.3 Å². The monoisotopic (exact) mass is 354 g/mol. The maximum Gasteiger partial charge on any atom is 0.465 e. The molecule has 6 nitrogen and oxygen atoms in total. The van der Waals surface area contributed by atoms with Crippen LogP contribution in [0, 0.1) is 16.7 Å². The smallest absolute Gasteiger partial charge is 0.460 e. The van der Waals surface area contributed by atoms with Gasteiger partial charge in [-0.05, 0) is 49.9 Å². The van der Waals surface area contributed by atoms with Crippen LogP contribution in [0.2, 0.25) is 0 Å². The Morgan fingerprint density at radius 3 is 2.43 bits per heavy atom. The van der Waals surface area contributed by atoms with Gasteiger partial charge in [-0.15, -0.1) is 0 Å². The second-order valence-electron chi connectivity index (χ2n) is 8.11. The predicted octanol–water partition coefficient (Wildman–Crippen LogP) is 1.73. The van der Waals surface area contributed by atoms with Crippen LogP contribution in [0.3, 0.4) is 0 Å². The summed E-state index contributed by atoms with van der Waals surface area (Å²) in [5.74, 6) is -2.02. The Hall–Kier alpha value is -0.800. The zero-order chi connectivity index (χ0) is 17.3. The lowest BCUT2D eigenvalue weighted by Gasteiger charge is -2.64. The van der Waals surface area contributed by atoms with Crippen molar-refractivity contribution in [2.24, 2.45) is 16.7 Å². The molecule has 2 N–H and O–H groups in total. The molecule has 4 aliphatic rings. The average Bonchev–Trinajstić information content (AvgIpc) is 2.29. The molecular formula is C14H20F2O6S. The number of ether oxygens (including phenoxy) is 1.